The van der Waals surface area contributed by atoms with Crippen LogP contribution >= 0.6 is 0 Å². The Morgan fingerprint density at radius 2 is 1.88 bits per heavy atom. The highest BCUT2D eigenvalue weighted by molar-refractivity contribution is 5.83. The fourth-order valence-corrected chi connectivity index (χ4v) is 4.52. The van der Waals surface area contributed by atoms with Gasteiger partial charge in [0, 0.05) is 11.3 Å². The van der Waals surface area contributed by atoms with Gasteiger partial charge in [0.05, 0.1) is 40.3 Å². The van der Waals surface area contributed by atoms with Gasteiger partial charge in [-0.15, -0.1) is 0 Å². The van der Waals surface area contributed by atoms with Gasteiger partial charge in [-0.25, -0.2) is 4.79 Å². The normalized spacial score (nSPS) is 20.7. The number of carboxylic acids is 1. The van der Waals surface area contributed by atoms with Gasteiger partial charge in [-0.1, -0.05) is 18.9 Å². The van der Waals surface area contributed by atoms with E-state index in [4.69, 9.17) is 18.9 Å². The van der Waals surface area contributed by atoms with Crippen molar-refractivity contribution in [3.05, 3.63) is 41.5 Å². The molecule has 0 radical (unpaired) electrons. The lowest BCUT2D eigenvalue weighted by molar-refractivity contribution is -0.143. The molecule has 1 aliphatic carbocycles. The maximum Gasteiger partial charge on any atom is 0.347 e. The standard InChI is InChI=1S/C25H32N2O6/c1-16-22(30-2)11-17(12-23(16)31-3)21-9-8-19(27-25(24(28)29)14-32-15-26-25)10-18(21)13-33-20-6-4-5-7-20/h8-12,20,26-27H,4-7,13-15H2,1-3H3,(H,28,29). The second-order valence-corrected chi connectivity index (χ2v) is 8.60. The van der Waals surface area contributed by atoms with Crippen molar-refractivity contribution in [2.75, 3.05) is 32.9 Å². The highest BCUT2D eigenvalue weighted by Crippen LogP contribution is 2.37. The van der Waals surface area contributed by atoms with Crippen molar-refractivity contribution in [2.24, 2.45) is 0 Å². The van der Waals surface area contributed by atoms with Crippen LogP contribution in [0.4, 0.5) is 5.69 Å². The highest BCUT2D eigenvalue weighted by Gasteiger charge is 2.42. The van der Waals surface area contributed by atoms with Crippen LogP contribution in [0.25, 0.3) is 11.1 Å². The summed E-state index contributed by atoms with van der Waals surface area (Å²) >= 11 is 0. The second-order valence-electron chi connectivity index (χ2n) is 8.60. The number of hydrogen-bond donors (Lipinski definition) is 3. The van der Waals surface area contributed by atoms with E-state index in [0.29, 0.717) is 12.3 Å². The van der Waals surface area contributed by atoms with E-state index < -0.39 is 11.6 Å². The third kappa shape index (κ3) is 4.93. The Hall–Kier alpha value is -2.81. The van der Waals surface area contributed by atoms with E-state index in [1.807, 2.05) is 37.3 Å². The molecular weight excluding hydrogens is 424 g/mol. The molecule has 3 N–H and O–H groups in total. The van der Waals surface area contributed by atoms with Gasteiger partial charge in [0.2, 0.25) is 5.66 Å². The molecule has 2 aliphatic rings. The average molecular weight is 457 g/mol. The predicted molar refractivity (Wildman–Crippen MR) is 125 cm³/mol. The molecule has 178 valence electrons. The molecule has 33 heavy (non-hydrogen) atoms. The van der Waals surface area contributed by atoms with Crippen LogP contribution < -0.4 is 20.1 Å². The smallest absolute Gasteiger partial charge is 0.347 e. The van der Waals surface area contributed by atoms with Crippen LogP contribution in [0.3, 0.4) is 0 Å². The molecule has 0 amide bonds. The zero-order valence-electron chi connectivity index (χ0n) is 19.4. The van der Waals surface area contributed by atoms with Crippen LogP contribution in [0.15, 0.2) is 30.3 Å². The monoisotopic (exact) mass is 456 g/mol. The van der Waals surface area contributed by atoms with E-state index in [9.17, 15) is 9.90 Å². The Labute approximate surface area is 194 Å². The summed E-state index contributed by atoms with van der Waals surface area (Å²) in [5.41, 5.74) is 3.13. The van der Waals surface area contributed by atoms with Gasteiger partial charge in [0.15, 0.2) is 0 Å². The Bertz CT molecular complexity index is 971. The minimum Gasteiger partial charge on any atom is -0.496 e. The number of rotatable bonds is 9. The van der Waals surface area contributed by atoms with Crippen molar-refractivity contribution in [2.45, 2.75) is 51.0 Å². The summed E-state index contributed by atoms with van der Waals surface area (Å²) in [6.07, 6.45) is 4.79. The molecule has 0 aromatic heterocycles. The number of methoxy groups -OCH3 is 2. The van der Waals surface area contributed by atoms with E-state index in [0.717, 1.165) is 46.6 Å². The van der Waals surface area contributed by atoms with E-state index in [2.05, 4.69) is 10.6 Å². The lowest BCUT2D eigenvalue weighted by Gasteiger charge is -2.26. The molecular formula is C25H32N2O6. The lowest BCUT2D eigenvalue weighted by atomic mass is 9.97. The van der Waals surface area contributed by atoms with Crippen molar-refractivity contribution in [1.29, 1.82) is 0 Å². The van der Waals surface area contributed by atoms with Crippen LogP contribution in [0, 0.1) is 6.92 Å². The maximum atomic E-state index is 11.9. The fraction of sp³-hybridized carbons (Fsp3) is 0.480. The van der Waals surface area contributed by atoms with Gasteiger partial charge in [0.1, 0.15) is 11.5 Å². The topological polar surface area (TPSA) is 98.3 Å². The van der Waals surface area contributed by atoms with Crippen molar-refractivity contribution >= 4 is 11.7 Å². The number of benzene rings is 2. The fourth-order valence-electron chi connectivity index (χ4n) is 4.52. The number of hydrogen-bond acceptors (Lipinski definition) is 7. The molecule has 0 bridgehead atoms. The molecule has 1 unspecified atom stereocenters. The zero-order chi connectivity index (χ0) is 23.4. The van der Waals surface area contributed by atoms with E-state index in [1.165, 1.54) is 12.8 Å². The third-order valence-electron chi connectivity index (χ3n) is 6.46. The summed E-state index contributed by atoms with van der Waals surface area (Å²) in [4.78, 5) is 11.9. The van der Waals surface area contributed by atoms with Gasteiger partial charge in [-0.2, -0.15) is 0 Å². The second kappa shape index (κ2) is 9.99. The number of anilines is 1. The minimum absolute atomic E-state index is 0.0321. The summed E-state index contributed by atoms with van der Waals surface area (Å²) in [5.74, 6) is 0.471. The molecule has 8 nitrogen and oxygen atoms in total. The summed E-state index contributed by atoms with van der Waals surface area (Å²) in [5, 5.41) is 15.8. The van der Waals surface area contributed by atoms with Gasteiger partial charge < -0.3 is 29.4 Å². The number of carboxylic acid groups (broad SMARTS) is 1. The molecule has 2 aromatic rings. The summed E-state index contributed by atoms with van der Waals surface area (Å²) in [7, 11) is 3.29. The third-order valence-corrected chi connectivity index (χ3v) is 6.46. The van der Waals surface area contributed by atoms with E-state index in [1.54, 1.807) is 14.2 Å². The van der Waals surface area contributed by atoms with Crippen molar-refractivity contribution < 1.29 is 28.8 Å². The first-order valence-electron chi connectivity index (χ1n) is 11.3. The number of nitrogens with one attached hydrogen (secondary N) is 2. The first-order chi connectivity index (χ1) is 16.0. The molecule has 2 aromatic carbocycles. The molecule has 1 saturated carbocycles. The van der Waals surface area contributed by atoms with Crippen LogP contribution in [0.2, 0.25) is 0 Å². The molecule has 1 aliphatic heterocycles. The Morgan fingerprint density at radius 1 is 1.18 bits per heavy atom. The quantitative estimate of drug-likeness (QED) is 0.523. The van der Waals surface area contributed by atoms with Crippen molar-refractivity contribution in [1.82, 2.24) is 5.32 Å². The van der Waals surface area contributed by atoms with E-state index in [-0.39, 0.29) is 19.4 Å². The highest BCUT2D eigenvalue weighted by atomic mass is 16.5. The van der Waals surface area contributed by atoms with Gasteiger partial charge in [-0.05, 0) is 60.7 Å². The average Bonchev–Trinajstić information content (AvgIpc) is 3.51. The molecule has 8 heteroatoms. The Balaban J connectivity index is 1.70. The first-order valence-corrected chi connectivity index (χ1v) is 11.3. The van der Waals surface area contributed by atoms with Crippen LogP contribution in [0.1, 0.15) is 36.8 Å². The zero-order valence-corrected chi connectivity index (χ0v) is 19.4. The first kappa shape index (κ1) is 23.4. The van der Waals surface area contributed by atoms with Crippen LogP contribution in [-0.2, 0) is 20.9 Å². The number of ether oxygens (including phenoxy) is 4. The molecule has 2 fully saturated rings. The minimum atomic E-state index is -1.36. The molecule has 1 atom stereocenters. The number of carbonyl (C=O) groups is 1. The van der Waals surface area contributed by atoms with Gasteiger partial charge in [-0.3, -0.25) is 5.32 Å². The molecule has 1 heterocycles. The van der Waals surface area contributed by atoms with Gasteiger partial charge >= 0.3 is 5.97 Å². The molecule has 4 rings (SSSR count). The Morgan fingerprint density at radius 3 is 2.45 bits per heavy atom. The summed E-state index contributed by atoms with van der Waals surface area (Å²) in [6.45, 7) is 2.60. The van der Waals surface area contributed by atoms with E-state index >= 15 is 0 Å². The van der Waals surface area contributed by atoms with Crippen LogP contribution in [-0.4, -0.2) is 50.4 Å². The Kier molecular flexibility index (Phi) is 7.07. The van der Waals surface area contributed by atoms with Crippen molar-refractivity contribution in [3.63, 3.8) is 0 Å². The number of aliphatic carboxylic acids is 1. The molecule has 1 saturated heterocycles. The SMILES string of the molecule is COc1cc(-c2ccc(NC3(C(=O)O)COCN3)cc2COC2CCCC2)cc(OC)c1C. The van der Waals surface area contributed by atoms with Crippen molar-refractivity contribution in [3.8, 4) is 22.6 Å². The maximum absolute atomic E-state index is 11.9. The summed E-state index contributed by atoms with van der Waals surface area (Å²) in [6, 6.07) is 9.78. The lowest BCUT2D eigenvalue weighted by Crippen LogP contribution is -2.56. The largest absolute Gasteiger partial charge is 0.496 e. The summed E-state index contributed by atoms with van der Waals surface area (Å²) < 4.78 is 22.7. The van der Waals surface area contributed by atoms with Crippen LogP contribution in [0.5, 0.6) is 11.5 Å². The molecule has 0 spiro atoms. The predicted octanol–water partition coefficient (Wildman–Crippen LogP) is 3.91. The van der Waals surface area contributed by atoms with Gasteiger partial charge in [0.25, 0.3) is 0 Å².